The van der Waals surface area contributed by atoms with Gasteiger partial charge in [0.15, 0.2) is 10.9 Å². The van der Waals surface area contributed by atoms with Gasteiger partial charge in [-0.1, -0.05) is 23.2 Å². The maximum absolute atomic E-state index is 12.4. The monoisotopic (exact) mass is 402 g/mol. The predicted molar refractivity (Wildman–Crippen MR) is 99.7 cm³/mol. The summed E-state index contributed by atoms with van der Waals surface area (Å²) < 4.78 is 10.0. The minimum Gasteiger partial charge on any atom is -0.491 e. The second kappa shape index (κ2) is 8.03. The quantitative estimate of drug-likeness (QED) is 0.428. The first kappa shape index (κ1) is 19.5. The number of esters is 1. The van der Waals surface area contributed by atoms with Gasteiger partial charge in [0, 0.05) is 7.05 Å². The molecule has 1 saturated heterocycles. The number of amides is 1. The van der Waals surface area contributed by atoms with E-state index in [0.29, 0.717) is 28.0 Å². The number of benzene rings is 1. The molecule has 1 aromatic rings. The molecule has 0 aromatic heterocycles. The Balaban J connectivity index is 2.44. The molecule has 1 aliphatic heterocycles. The largest absolute Gasteiger partial charge is 0.491 e. The molecule has 9 heteroatoms. The van der Waals surface area contributed by atoms with Crippen molar-refractivity contribution in [3.8, 4) is 5.75 Å². The van der Waals surface area contributed by atoms with E-state index in [1.165, 1.54) is 24.0 Å². The number of thiocarbonyl (C=S) groups is 1. The van der Waals surface area contributed by atoms with Crippen LogP contribution in [0.3, 0.4) is 0 Å². The van der Waals surface area contributed by atoms with E-state index in [2.05, 4.69) is 4.74 Å². The van der Waals surface area contributed by atoms with Gasteiger partial charge in [0.2, 0.25) is 0 Å². The molecule has 0 spiro atoms. The second-order valence-corrected chi connectivity index (χ2v) is 6.26. The lowest BCUT2D eigenvalue weighted by atomic mass is 10.1. The SMILES string of the molecule is CCOc1c(Cl)cc(/C=C2/C(=O)N(C)C(=S)N2CC(=O)OC)cc1Cl. The molecule has 0 atom stereocenters. The molecular formula is C16H16Cl2N2O4S. The van der Waals surface area contributed by atoms with Crippen molar-refractivity contribution in [2.75, 3.05) is 27.3 Å². The van der Waals surface area contributed by atoms with Crippen LogP contribution < -0.4 is 4.74 Å². The first-order chi connectivity index (χ1) is 11.8. The Hall–Kier alpha value is -1.83. The van der Waals surface area contributed by atoms with Crippen molar-refractivity contribution in [2.45, 2.75) is 6.92 Å². The minimum atomic E-state index is -0.515. The van der Waals surface area contributed by atoms with E-state index < -0.39 is 5.97 Å². The Morgan fingerprint density at radius 2 is 1.92 bits per heavy atom. The number of hydrogen-bond acceptors (Lipinski definition) is 5. The van der Waals surface area contributed by atoms with Crippen LogP contribution in [0.2, 0.25) is 10.0 Å². The van der Waals surface area contributed by atoms with Gasteiger partial charge >= 0.3 is 5.97 Å². The summed E-state index contributed by atoms with van der Waals surface area (Å²) in [5, 5.41) is 0.856. The Labute approximate surface area is 160 Å². The number of likely N-dealkylation sites (N-methyl/N-ethyl adjacent to an activating group) is 1. The predicted octanol–water partition coefficient (Wildman–Crippen LogP) is 2.96. The zero-order valence-corrected chi connectivity index (χ0v) is 16.2. The number of carbonyl (C=O) groups is 2. The summed E-state index contributed by atoms with van der Waals surface area (Å²) in [7, 11) is 2.80. The molecule has 0 unspecified atom stereocenters. The van der Waals surface area contributed by atoms with Gasteiger partial charge in [-0.25, -0.2) is 0 Å². The van der Waals surface area contributed by atoms with Crippen molar-refractivity contribution in [2.24, 2.45) is 0 Å². The number of carbonyl (C=O) groups excluding carboxylic acids is 2. The molecule has 1 aliphatic rings. The van der Waals surface area contributed by atoms with Gasteiger partial charge in [0.1, 0.15) is 12.2 Å². The van der Waals surface area contributed by atoms with E-state index in [9.17, 15) is 9.59 Å². The molecule has 0 radical (unpaired) electrons. The Kier molecular flexibility index (Phi) is 6.26. The van der Waals surface area contributed by atoms with Crippen LogP contribution in [0.25, 0.3) is 6.08 Å². The van der Waals surface area contributed by atoms with E-state index in [1.807, 2.05) is 6.92 Å². The van der Waals surface area contributed by atoms with Gasteiger partial charge < -0.3 is 14.4 Å². The Bertz CT molecular complexity index is 743. The highest BCUT2D eigenvalue weighted by atomic mass is 35.5. The van der Waals surface area contributed by atoms with Gasteiger partial charge in [0.25, 0.3) is 5.91 Å². The number of hydrogen-bond donors (Lipinski definition) is 0. The summed E-state index contributed by atoms with van der Waals surface area (Å²) in [5.74, 6) is -0.473. The van der Waals surface area contributed by atoms with Crippen LogP contribution in [0, 0.1) is 0 Å². The molecule has 1 amide bonds. The zero-order chi connectivity index (χ0) is 18.7. The van der Waals surface area contributed by atoms with Crippen LogP contribution in [0.1, 0.15) is 12.5 Å². The maximum atomic E-state index is 12.4. The molecule has 134 valence electrons. The van der Waals surface area contributed by atoms with Crippen LogP contribution in [0.4, 0.5) is 0 Å². The van der Waals surface area contributed by atoms with Crippen molar-refractivity contribution in [1.82, 2.24) is 9.80 Å². The van der Waals surface area contributed by atoms with Crippen LogP contribution in [0.15, 0.2) is 17.8 Å². The molecule has 6 nitrogen and oxygen atoms in total. The highest BCUT2D eigenvalue weighted by molar-refractivity contribution is 7.80. The highest BCUT2D eigenvalue weighted by Gasteiger charge is 2.36. The molecule has 2 rings (SSSR count). The summed E-state index contributed by atoms with van der Waals surface area (Å²) in [6, 6.07) is 3.24. The molecule has 25 heavy (non-hydrogen) atoms. The number of ether oxygens (including phenoxy) is 2. The van der Waals surface area contributed by atoms with Crippen molar-refractivity contribution in [1.29, 1.82) is 0 Å². The Morgan fingerprint density at radius 3 is 2.44 bits per heavy atom. The summed E-state index contributed by atoms with van der Waals surface area (Å²) in [6.07, 6.45) is 1.56. The van der Waals surface area contributed by atoms with Gasteiger partial charge in [-0.3, -0.25) is 14.5 Å². The Morgan fingerprint density at radius 1 is 1.32 bits per heavy atom. The fraction of sp³-hybridized carbons (Fsp3) is 0.312. The average Bonchev–Trinajstić information content (AvgIpc) is 2.76. The molecule has 0 bridgehead atoms. The third-order valence-corrected chi connectivity index (χ3v) is 4.52. The lowest BCUT2D eigenvalue weighted by Crippen LogP contribution is -2.33. The summed E-state index contributed by atoms with van der Waals surface area (Å²) >= 11 is 17.6. The molecule has 0 saturated carbocycles. The highest BCUT2D eigenvalue weighted by Crippen LogP contribution is 2.35. The van der Waals surface area contributed by atoms with Crippen molar-refractivity contribution in [3.63, 3.8) is 0 Å². The standard InChI is InChI=1S/C16H16Cl2N2O4S/c1-4-24-14-10(17)5-9(6-11(14)18)7-12-15(22)19(2)16(25)20(12)8-13(21)23-3/h5-7H,4,8H2,1-3H3/b12-7-. The van der Waals surface area contributed by atoms with Crippen LogP contribution >= 0.6 is 35.4 Å². The van der Waals surface area contributed by atoms with Gasteiger partial charge in [-0.2, -0.15) is 0 Å². The molecule has 1 fully saturated rings. The zero-order valence-electron chi connectivity index (χ0n) is 13.8. The topological polar surface area (TPSA) is 59.1 Å². The summed E-state index contributed by atoms with van der Waals surface area (Å²) in [4.78, 5) is 26.7. The smallest absolute Gasteiger partial charge is 0.325 e. The lowest BCUT2D eigenvalue weighted by Gasteiger charge is -2.17. The van der Waals surface area contributed by atoms with E-state index in [0.717, 1.165) is 0 Å². The fourth-order valence-corrected chi connectivity index (χ4v) is 3.11. The number of rotatable bonds is 5. The van der Waals surface area contributed by atoms with Crippen LogP contribution in [-0.4, -0.2) is 54.1 Å². The van der Waals surface area contributed by atoms with E-state index in [1.54, 1.807) is 18.2 Å². The van der Waals surface area contributed by atoms with E-state index in [4.69, 9.17) is 40.2 Å². The minimum absolute atomic E-state index is 0.171. The fourth-order valence-electron chi connectivity index (χ4n) is 2.25. The molecule has 1 aromatic carbocycles. The number of halogens is 2. The summed E-state index contributed by atoms with van der Waals surface area (Å²) in [6.45, 7) is 2.07. The van der Waals surface area contributed by atoms with E-state index >= 15 is 0 Å². The molecule has 0 aliphatic carbocycles. The van der Waals surface area contributed by atoms with Gasteiger partial charge in [-0.15, -0.1) is 0 Å². The second-order valence-electron chi connectivity index (χ2n) is 5.09. The molecule has 0 N–H and O–H groups in total. The first-order valence-electron chi connectivity index (χ1n) is 7.30. The number of methoxy groups -OCH3 is 1. The van der Waals surface area contributed by atoms with Crippen molar-refractivity contribution in [3.05, 3.63) is 33.4 Å². The summed E-state index contributed by atoms with van der Waals surface area (Å²) in [5.41, 5.74) is 0.809. The first-order valence-corrected chi connectivity index (χ1v) is 8.46. The van der Waals surface area contributed by atoms with Crippen LogP contribution in [0.5, 0.6) is 5.75 Å². The lowest BCUT2D eigenvalue weighted by molar-refractivity contribution is -0.140. The van der Waals surface area contributed by atoms with E-state index in [-0.39, 0.29) is 23.3 Å². The molecular weight excluding hydrogens is 387 g/mol. The number of nitrogens with zero attached hydrogens (tertiary/aromatic N) is 2. The molecule has 1 heterocycles. The third kappa shape index (κ3) is 4.05. The van der Waals surface area contributed by atoms with Crippen molar-refractivity contribution < 1.29 is 19.1 Å². The third-order valence-electron chi connectivity index (χ3n) is 3.46. The van der Waals surface area contributed by atoms with Gasteiger partial charge in [0.05, 0.1) is 23.8 Å². The maximum Gasteiger partial charge on any atom is 0.325 e. The van der Waals surface area contributed by atoms with Crippen LogP contribution in [-0.2, 0) is 14.3 Å². The average molecular weight is 403 g/mol. The normalized spacial score (nSPS) is 16.0. The van der Waals surface area contributed by atoms with Crippen molar-refractivity contribution >= 4 is 58.5 Å². The van der Waals surface area contributed by atoms with Gasteiger partial charge in [-0.05, 0) is 42.9 Å².